The summed E-state index contributed by atoms with van der Waals surface area (Å²) in [6.45, 7) is 0. The van der Waals surface area contributed by atoms with Gasteiger partial charge in [0.1, 0.15) is 0 Å². The van der Waals surface area contributed by atoms with Gasteiger partial charge in [-0.1, -0.05) is 140 Å². The smallest absolute Gasteiger partial charge is 0.0555 e. The summed E-state index contributed by atoms with van der Waals surface area (Å²) in [6, 6.07) is 69.2. The lowest BCUT2D eigenvalue weighted by Crippen LogP contribution is -2.11. The molecule has 248 valence electrons. The van der Waals surface area contributed by atoms with Crippen LogP contribution in [0.25, 0.3) is 84.1 Å². The van der Waals surface area contributed by atoms with Crippen LogP contribution < -0.4 is 4.90 Å². The highest BCUT2D eigenvalue weighted by Crippen LogP contribution is 2.51. The average Bonchev–Trinajstić information content (AvgIpc) is 3.81. The van der Waals surface area contributed by atoms with Crippen molar-refractivity contribution in [2.45, 2.75) is 0 Å². The SMILES string of the molecule is c1ccc(-c2ccc(N(c3ccc(-c4ccc5ccc6ccccc6c5c4)cc3)c3cccc4sc5ccccc5c34)c3c2sc2ccccc23)cc1. The van der Waals surface area contributed by atoms with E-state index in [1.165, 1.54) is 95.5 Å². The minimum Gasteiger partial charge on any atom is -0.309 e. The van der Waals surface area contributed by atoms with Gasteiger partial charge in [0.15, 0.2) is 0 Å². The van der Waals surface area contributed by atoms with Gasteiger partial charge < -0.3 is 4.90 Å². The zero-order chi connectivity index (χ0) is 34.9. The first kappa shape index (κ1) is 30.4. The Morgan fingerprint density at radius 1 is 0.340 bits per heavy atom. The molecular weight excluding hydrogens is 679 g/mol. The van der Waals surface area contributed by atoms with E-state index in [1.807, 2.05) is 22.7 Å². The molecule has 0 aliphatic rings. The molecule has 0 saturated heterocycles. The molecule has 0 amide bonds. The molecule has 2 heterocycles. The van der Waals surface area contributed by atoms with Crippen LogP contribution in [0.15, 0.2) is 188 Å². The molecule has 0 unspecified atom stereocenters. The first-order valence-corrected chi connectivity index (χ1v) is 19.6. The van der Waals surface area contributed by atoms with Crippen molar-refractivity contribution in [3.05, 3.63) is 188 Å². The van der Waals surface area contributed by atoms with Crippen LogP contribution in [-0.4, -0.2) is 0 Å². The molecule has 0 radical (unpaired) electrons. The number of benzene rings is 9. The topological polar surface area (TPSA) is 3.24 Å². The summed E-state index contributed by atoms with van der Waals surface area (Å²) in [6.07, 6.45) is 0. The molecule has 9 aromatic carbocycles. The second-order valence-corrected chi connectivity index (χ2v) is 15.8. The van der Waals surface area contributed by atoms with E-state index in [9.17, 15) is 0 Å². The molecule has 0 aliphatic carbocycles. The fourth-order valence-corrected chi connectivity index (χ4v) is 10.6. The highest BCUT2D eigenvalue weighted by atomic mass is 32.1. The van der Waals surface area contributed by atoms with Crippen molar-refractivity contribution in [2.75, 3.05) is 4.90 Å². The lowest BCUT2D eigenvalue weighted by molar-refractivity contribution is 1.32. The molecule has 1 nitrogen and oxygen atoms in total. The van der Waals surface area contributed by atoms with Gasteiger partial charge in [-0.2, -0.15) is 0 Å². The number of nitrogens with zero attached hydrogens (tertiary/aromatic N) is 1. The van der Waals surface area contributed by atoms with Gasteiger partial charge in [0, 0.05) is 46.0 Å². The van der Waals surface area contributed by atoms with Gasteiger partial charge in [0.05, 0.1) is 11.4 Å². The van der Waals surface area contributed by atoms with E-state index in [0.29, 0.717) is 0 Å². The maximum atomic E-state index is 2.51. The highest BCUT2D eigenvalue weighted by Gasteiger charge is 2.23. The van der Waals surface area contributed by atoms with Crippen molar-refractivity contribution in [3.8, 4) is 22.3 Å². The third-order valence-electron chi connectivity index (χ3n) is 10.7. The summed E-state index contributed by atoms with van der Waals surface area (Å²) in [5, 5.41) is 10.3. The zero-order valence-corrected chi connectivity index (χ0v) is 30.3. The molecule has 0 saturated carbocycles. The Labute approximate surface area is 315 Å². The molecule has 0 aliphatic heterocycles. The van der Waals surface area contributed by atoms with Crippen LogP contribution in [-0.2, 0) is 0 Å². The minimum absolute atomic E-state index is 1.13. The van der Waals surface area contributed by atoms with Crippen LogP contribution >= 0.6 is 22.7 Å². The number of fused-ring (bicyclic) bond motifs is 9. The van der Waals surface area contributed by atoms with E-state index in [0.717, 1.165) is 5.69 Å². The van der Waals surface area contributed by atoms with Gasteiger partial charge in [-0.05, 0) is 92.3 Å². The summed E-state index contributed by atoms with van der Waals surface area (Å²) in [4.78, 5) is 2.51. The zero-order valence-electron chi connectivity index (χ0n) is 28.7. The van der Waals surface area contributed by atoms with Crippen molar-refractivity contribution in [2.24, 2.45) is 0 Å². The van der Waals surface area contributed by atoms with E-state index < -0.39 is 0 Å². The predicted molar refractivity (Wildman–Crippen MR) is 233 cm³/mol. The maximum absolute atomic E-state index is 2.51. The standard InChI is InChI=1S/C50H31NS2/c1-2-11-33(12-3-1)39-29-30-44(49-41-16-7-9-19-46(41)53-50(39)49)51(43-17-10-20-47-48(43)40-15-6-8-18-45(40)52-47)37-27-25-32(26-28-37)36-24-23-35-22-21-34-13-4-5-14-38(34)42(35)31-36/h1-31H. The summed E-state index contributed by atoms with van der Waals surface area (Å²) in [7, 11) is 0. The Kier molecular flexibility index (Phi) is 6.97. The molecule has 53 heavy (non-hydrogen) atoms. The van der Waals surface area contributed by atoms with Crippen molar-refractivity contribution in [3.63, 3.8) is 0 Å². The quantitative estimate of drug-likeness (QED) is 0.161. The molecule has 2 aromatic heterocycles. The molecule has 0 atom stereocenters. The molecule has 0 fully saturated rings. The summed E-state index contributed by atoms with van der Waals surface area (Å²) in [5.74, 6) is 0. The summed E-state index contributed by atoms with van der Waals surface area (Å²) in [5.41, 5.74) is 8.43. The molecule has 3 heteroatoms. The van der Waals surface area contributed by atoms with Crippen LogP contribution in [0.5, 0.6) is 0 Å². The van der Waals surface area contributed by atoms with Crippen molar-refractivity contribution < 1.29 is 0 Å². The first-order chi connectivity index (χ1) is 26.3. The molecule has 0 N–H and O–H groups in total. The van der Waals surface area contributed by atoms with Crippen LogP contribution in [0.3, 0.4) is 0 Å². The van der Waals surface area contributed by atoms with E-state index in [-0.39, 0.29) is 0 Å². The van der Waals surface area contributed by atoms with Gasteiger partial charge in [-0.3, -0.25) is 0 Å². The Bertz CT molecular complexity index is 3170. The largest absolute Gasteiger partial charge is 0.309 e. The van der Waals surface area contributed by atoms with Gasteiger partial charge >= 0.3 is 0 Å². The number of anilines is 3. The molecule has 0 spiro atoms. The second kappa shape index (κ2) is 12.2. The fourth-order valence-electron chi connectivity index (χ4n) is 8.18. The lowest BCUT2D eigenvalue weighted by Gasteiger charge is -2.28. The van der Waals surface area contributed by atoms with Crippen molar-refractivity contribution in [1.82, 2.24) is 0 Å². The normalized spacial score (nSPS) is 11.8. The Morgan fingerprint density at radius 2 is 0.943 bits per heavy atom. The monoisotopic (exact) mass is 709 g/mol. The van der Waals surface area contributed by atoms with Crippen LogP contribution in [0.4, 0.5) is 17.1 Å². The van der Waals surface area contributed by atoms with Gasteiger partial charge in [0.2, 0.25) is 0 Å². The van der Waals surface area contributed by atoms with Crippen molar-refractivity contribution in [1.29, 1.82) is 0 Å². The van der Waals surface area contributed by atoms with Crippen LogP contribution in [0, 0.1) is 0 Å². The fraction of sp³-hybridized carbons (Fsp3) is 0. The Hall–Kier alpha value is -6.26. The Morgan fingerprint density at radius 3 is 1.75 bits per heavy atom. The van der Waals surface area contributed by atoms with Gasteiger partial charge in [0.25, 0.3) is 0 Å². The van der Waals surface area contributed by atoms with E-state index >= 15 is 0 Å². The number of hydrogen-bond donors (Lipinski definition) is 0. The lowest BCUT2D eigenvalue weighted by atomic mass is 9.97. The third-order valence-corrected chi connectivity index (χ3v) is 13.0. The number of thiophene rings is 2. The highest BCUT2D eigenvalue weighted by molar-refractivity contribution is 7.26. The minimum atomic E-state index is 1.13. The third kappa shape index (κ3) is 4.89. The van der Waals surface area contributed by atoms with Gasteiger partial charge in [-0.15, -0.1) is 22.7 Å². The second-order valence-electron chi connectivity index (χ2n) is 13.7. The number of rotatable bonds is 5. The molecule has 11 aromatic rings. The summed E-state index contributed by atoms with van der Waals surface area (Å²) >= 11 is 3.76. The van der Waals surface area contributed by atoms with E-state index in [4.69, 9.17) is 0 Å². The van der Waals surface area contributed by atoms with Gasteiger partial charge in [-0.25, -0.2) is 0 Å². The van der Waals surface area contributed by atoms with E-state index in [2.05, 4.69) is 193 Å². The predicted octanol–water partition coefficient (Wildman–Crippen LogP) is 15.5. The molecule has 11 rings (SSSR count). The molecule has 0 bridgehead atoms. The van der Waals surface area contributed by atoms with Crippen LogP contribution in [0.1, 0.15) is 0 Å². The van der Waals surface area contributed by atoms with Crippen LogP contribution in [0.2, 0.25) is 0 Å². The molecular formula is C50H31NS2. The Balaban J connectivity index is 1.16. The van der Waals surface area contributed by atoms with E-state index in [1.54, 1.807) is 0 Å². The summed E-state index contributed by atoms with van der Waals surface area (Å²) < 4.78 is 5.20. The maximum Gasteiger partial charge on any atom is 0.0555 e. The number of hydrogen-bond acceptors (Lipinski definition) is 3. The average molecular weight is 710 g/mol. The first-order valence-electron chi connectivity index (χ1n) is 18.0. The van der Waals surface area contributed by atoms with Crippen molar-refractivity contribution >= 4 is 102 Å².